The van der Waals surface area contributed by atoms with Crippen molar-refractivity contribution in [3.63, 3.8) is 0 Å². The SMILES string of the molecule is CCOC(=O)c1ccc(NC(=O)c2sc3nc(C)cc(C)c3c2N)cc1. The molecule has 0 aliphatic heterocycles. The minimum Gasteiger partial charge on any atom is -0.462 e. The lowest BCUT2D eigenvalue weighted by atomic mass is 10.1. The van der Waals surface area contributed by atoms with Crippen molar-refractivity contribution >= 4 is 44.8 Å². The van der Waals surface area contributed by atoms with Crippen LogP contribution in [0.3, 0.4) is 0 Å². The van der Waals surface area contributed by atoms with Crippen molar-refractivity contribution in [3.05, 3.63) is 52.0 Å². The molecule has 0 aliphatic rings. The van der Waals surface area contributed by atoms with Gasteiger partial charge in [0.25, 0.3) is 5.91 Å². The summed E-state index contributed by atoms with van der Waals surface area (Å²) in [6, 6.07) is 8.47. The molecule has 0 radical (unpaired) electrons. The summed E-state index contributed by atoms with van der Waals surface area (Å²) in [6.45, 7) is 5.93. The predicted octanol–water partition coefficient (Wildman–Crippen LogP) is 3.92. The van der Waals surface area contributed by atoms with E-state index in [0.717, 1.165) is 21.5 Å². The number of nitrogens with zero attached hydrogens (tertiary/aromatic N) is 1. The number of hydrogen-bond acceptors (Lipinski definition) is 6. The Morgan fingerprint density at radius 2 is 1.92 bits per heavy atom. The quantitative estimate of drug-likeness (QED) is 0.680. The van der Waals surface area contributed by atoms with Gasteiger partial charge in [0.2, 0.25) is 0 Å². The molecule has 3 aromatic rings. The van der Waals surface area contributed by atoms with Crippen molar-refractivity contribution in [2.45, 2.75) is 20.8 Å². The van der Waals surface area contributed by atoms with Crippen LogP contribution in [-0.4, -0.2) is 23.5 Å². The third kappa shape index (κ3) is 3.39. The third-order valence-corrected chi connectivity index (χ3v) is 4.98. The Labute approximate surface area is 155 Å². The van der Waals surface area contributed by atoms with Crippen molar-refractivity contribution in [1.82, 2.24) is 4.98 Å². The van der Waals surface area contributed by atoms with E-state index in [-0.39, 0.29) is 5.91 Å². The number of nitrogens with two attached hydrogens (primary N) is 1. The summed E-state index contributed by atoms with van der Waals surface area (Å²) in [7, 11) is 0. The molecule has 0 bridgehead atoms. The van der Waals surface area contributed by atoms with Gasteiger partial charge in [0, 0.05) is 16.8 Å². The summed E-state index contributed by atoms with van der Waals surface area (Å²) in [5.74, 6) is -0.692. The maximum absolute atomic E-state index is 12.6. The van der Waals surface area contributed by atoms with Gasteiger partial charge in [0.15, 0.2) is 0 Å². The highest BCUT2D eigenvalue weighted by molar-refractivity contribution is 7.21. The minimum atomic E-state index is -0.393. The fourth-order valence-corrected chi connectivity index (χ4v) is 3.84. The second-order valence-corrected chi connectivity index (χ2v) is 6.86. The van der Waals surface area contributed by atoms with Crippen LogP contribution in [0.4, 0.5) is 11.4 Å². The van der Waals surface area contributed by atoms with Crippen LogP contribution in [0.1, 0.15) is 38.2 Å². The summed E-state index contributed by atoms with van der Waals surface area (Å²) in [5.41, 5.74) is 9.52. The Morgan fingerprint density at radius 1 is 1.23 bits per heavy atom. The zero-order valence-corrected chi connectivity index (χ0v) is 15.6. The van der Waals surface area contributed by atoms with Gasteiger partial charge < -0.3 is 15.8 Å². The van der Waals surface area contributed by atoms with Gasteiger partial charge in [-0.05, 0) is 56.7 Å². The molecule has 2 aromatic heterocycles. The van der Waals surface area contributed by atoms with E-state index in [4.69, 9.17) is 10.5 Å². The molecule has 1 aromatic carbocycles. The normalized spacial score (nSPS) is 10.7. The number of aromatic nitrogens is 1. The molecular weight excluding hydrogens is 350 g/mol. The monoisotopic (exact) mass is 369 g/mol. The molecule has 134 valence electrons. The van der Waals surface area contributed by atoms with Crippen molar-refractivity contribution in [1.29, 1.82) is 0 Å². The Morgan fingerprint density at radius 3 is 2.58 bits per heavy atom. The lowest BCUT2D eigenvalue weighted by Gasteiger charge is -2.06. The first kappa shape index (κ1) is 17.9. The van der Waals surface area contributed by atoms with Crippen molar-refractivity contribution in [3.8, 4) is 0 Å². The number of benzene rings is 1. The molecule has 1 amide bonds. The third-order valence-electron chi connectivity index (χ3n) is 3.88. The molecule has 0 unspecified atom stereocenters. The Balaban J connectivity index is 1.84. The number of hydrogen-bond donors (Lipinski definition) is 2. The first-order valence-electron chi connectivity index (χ1n) is 8.15. The highest BCUT2D eigenvalue weighted by Gasteiger charge is 2.19. The molecule has 26 heavy (non-hydrogen) atoms. The first-order valence-corrected chi connectivity index (χ1v) is 8.97. The first-order chi connectivity index (χ1) is 12.4. The predicted molar refractivity (Wildman–Crippen MR) is 104 cm³/mol. The fraction of sp³-hybridized carbons (Fsp3) is 0.211. The average molecular weight is 369 g/mol. The summed E-state index contributed by atoms with van der Waals surface area (Å²) in [5, 5.41) is 3.63. The molecule has 3 rings (SSSR count). The second kappa shape index (κ2) is 7.13. The van der Waals surface area contributed by atoms with Crippen LogP contribution in [0, 0.1) is 13.8 Å². The molecule has 7 heteroatoms. The number of thiophene rings is 1. The zero-order valence-electron chi connectivity index (χ0n) is 14.8. The number of amides is 1. The van der Waals surface area contributed by atoms with Gasteiger partial charge >= 0.3 is 5.97 Å². The Bertz CT molecular complexity index is 993. The average Bonchev–Trinajstić information content (AvgIpc) is 2.92. The summed E-state index contributed by atoms with van der Waals surface area (Å²) < 4.78 is 4.94. The lowest BCUT2D eigenvalue weighted by Crippen LogP contribution is -2.12. The number of esters is 1. The van der Waals surface area contributed by atoms with E-state index in [1.807, 2.05) is 19.9 Å². The minimum absolute atomic E-state index is 0.300. The van der Waals surface area contributed by atoms with Gasteiger partial charge in [0.1, 0.15) is 9.71 Å². The molecule has 2 heterocycles. The van der Waals surface area contributed by atoms with Crippen molar-refractivity contribution in [2.75, 3.05) is 17.7 Å². The van der Waals surface area contributed by atoms with E-state index in [2.05, 4.69) is 10.3 Å². The van der Waals surface area contributed by atoms with E-state index >= 15 is 0 Å². The van der Waals surface area contributed by atoms with Gasteiger partial charge in [-0.25, -0.2) is 9.78 Å². The second-order valence-electron chi connectivity index (χ2n) is 5.86. The molecule has 0 fully saturated rings. The number of aryl methyl sites for hydroxylation is 2. The smallest absolute Gasteiger partial charge is 0.338 e. The van der Waals surface area contributed by atoms with E-state index in [0.29, 0.717) is 28.4 Å². The number of carbonyl (C=O) groups excluding carboxylic acids is 2. The van der Waals surface area contributed by atoms with E-state index in [1.54, 1.807) is 31.2 Å². The molecule has 0 atom stereocenters. The molecule has 3 N–H and O–H groups in total. The van der Waals surface area contributed by atoms with Gasteiger partial charge in [-0.1, -0.05) is 0 Å². The summed E-state index contributed by atoms with van der Waals surface area (Å²) in [4.78, 5) is 29.9. The molecule has 6 nitrogen and oxygen atoms in total. The standard InChI is InChI=1S/C19H19N3O3S/c1-4-25-19(24)12-5-7-13(8-6-12)22-17(23)16-15(20)14-10(2)9-11(3)21-18(14)26-16/h5-9H,4,20H2,1-3H3,(H,22,23). The summed E-state index contributed by atoms with van der Waals surface area (Å²) >= 11 is 1.27. The van der Waals surface area contributed by atoms with Crippen LogP contribution in [0.2, 0.25) is 0 Å². The number of nitrogen functional groups attached to an aromatic ring is 1. The van der Waals surface area contributed by atoms with Crippen LogP contribution in [0.15, 0.2) is 30.3 Å². The van der Waals surface area contributed by atoms with Gasteiger partial charge in [0.05, 0.1) is 17.9 Å². The highest BCUT2D eigenvalue weighted by Crippen LogP contribution is 2.35. The topological polar surface area (TPSA) is 94.3 Å². The van der Waals surface area contributed by atoms with Gasteiger partial charge in [-0.3, -0.25) is 4.79 Å². The van der Waals surface area contributed by atoms with Gasteiger partial charge in [-0.2, -0.15) is 0 Å². The maximum atomic E-state index is 12.6. The number of nitrogens with one attached hydrogen (secondary N) is 1. The van der Waals surface area contributed by atoms with Gasteiger partial charge in [-0.15, -0.1) is 11.3 Å². The van der Waals surface area contributed by atoms with Crippen LogP contribution >= 0.6 is 11.3 Å². The molecular formula is C19H19N3O3S. The number of fused-ring (bicyclic) bond motifs is 1. The van der Waals surface area contributed by atoms with Crippen molar-refractivity contribution in [2.24, 2.45) is 0 Å². The van der Waals surface area contributed by atoms with Crippen molar-refractivity contribution < 1.29 is 14.3 Å². The number of rotatable bonds is 4. The number of pyridine rings is 1. The number of carbonyl (C=O) groups is 2. The van der Waals surface area contributed by atoms with E-state index < -0.39 is 5.97 Å². The molecule has 0 saturated carbocycles. The molecule has 0 saturated heterocycles. The van der Waals surface area contributed by atoms with Crippen LogP contribution < -0.4 is 11.1 Å². The summed E-state index contributed by atoms with van der Waals surface area (Å²) in [6.07, 6.45) is 0. The van der Waals surface area contributed by atoms with Crippen LogP contribution in [0.5, 0.6) is 0 Å². The van der Waals surface area contributed by atoms with Crippen LogP contribution in [-0.2, 0) is 4.74 Å². The van der Waals surface area contributed by atoms with E-state index in [1.165, 1.54) is 11.3 Å². The lowest BCUT2D eigenvalue weighted by molar-refractivity contribution is 0.0526. The Hall–Kier alpha value is -2.93. The molecule has 0 spiro atoms. The largest absolute Gasteiger partial charge is 0.462 e. The fourth-order valence-electron chi connectivity index (χ4n) is 2.73. The van der Waals surface area contributed by atoms with Crippen LogP contribution in [0.25, 0.3) is 10.2 Å². The number of ether oxygens (including phenoxy) is 1. The number of anilines is 2. The maximum Gasteiger partial charge on any atom is 0.338 e. The Kier molecular flexibility index (Phi) is 4.90. The highest BCUT2D eigenvalue weighted by atomic mass is 32.1. The molecule has 0 aliphatic carbocycles. The zero-order chi connectivity index (χ0) is 18.8. The van der Waals surface area contributed by atoms with E-state index in [9.17, 15) is 9.59 Å².